The summed E-state index contributed by atoms with van der Waals surface area (Å²) >= 11 is 0. The summed E-state index contributed by atoms with van der Waals surface area (Å²) in [6.45, 7) is 4.20. The highest BCUT2D eigenvalue weighted by molar-refractivity contribution is 5.79. The summed E-state index contributed by atoms with van der Waals surface area (Å²) < 4.78 is 4.07. The lowest BCUT2D eigenvalue weighted by Gasteiger charge is -2.09. The topological polar surface area (TPSA) is 63.9 Å². The Hall–Kier alpha value is -2.76. The molecule has 6 heteroatoms. The number of hydrogen-bond donors (Lipinski definition) is 2. The number of nitrogens with one attached hydrogen (secondary N) is 2. The maximum atomic E-state index is 11.8. The summed E-state index contributed by atoms with van der Waals surface area (Å²) in [5.41, 5.74) is 3.54. The van der Waals surface area contributed by atoms with Crippen LogP contribution in [-0.2, 0) is 20.0 Å². The van der Waals surface area contributed by atoms with Crippen LogP contribution in [0.4, 0.5) is 4.79 Å². The maximum absolute atomic E-state index is 11.8. The van der Waals surface area contributed by atoms with Gasteiger partial charge in [-0.1, -0.05) is 18.2 Å². The maximum Gasteiger partial charge on any atom is 0.314 e. The van der Waals surface area contributed by atoms with Crippen molar-refractivity contribution in [1.82, 2.24) is 25.0 Å². The van der Waals surface area contributed by atoms with Gasteiger partial charge in [0.05, 0.1) is 6.20 Å². The number of amides is 2. The number of carbonyl (C=O) groups excluding carboxylic acids is 1. The molecule has 6 nitrogen and oxygen atoms in total. The number of fused-ring (bicyclic) bond motifs is 1. The SMILES string of the molecule is Cc1c(CCNC(=O)NCCCn2ccc3ccccc32)cnn1C. The van der Waals surface area contributed by atoms with Crippen molar-refractivity contribution in [2.24, 2.45) is 7.05 Å². The molecule has 0 saturated carbocycles. The standard InChI is InChI=1S/C19H25N5O/c1-15-17(14-22-23(15)2)8-11-21-19(25)20-10-5-12-24-13-9-16-6-3-4-7-18(16)24/h3-4,6-7,9,13-14H,5,8,10-12H2,1-2H3,(H2,20,21,25). The quantitative estimate of drug-likeness (QED) is 0.650. The second-order valence-electron chi connectivity index (χ2n) is 6.23. The highest BCUT2D eigenvalue weighted by Gasteiger charge is 2.05. The van der Waals surface area contributed by atoms with Gasteiger partial charge in [-0.2, -0.15) is 5.10 Å². The predicted octanol–water partition coefficient (Wildman–Crippen LogP) is 2.62. The summed E-state index contributed by atoms with van der Waals surface area (Å²) in [6.07, 6.45) is 5.65. The van der Waals surface area contributed by atoms with Crippen LogP contribution in [0.5, 0.6) is 0 Å². The van der Waals surface area contributed by atoms with Crippen LogP contribution in [0.1, 0.15) is 17.7 Å². The average Bonchev–Trinajstić information content (AvgIpc) is 3.17. The van der Waals surface area contributed by atoms with Crippen molar-refractivity contribution in [3.05, 3.63) is 54.0 Å². The highest BCUT2D eigenvalue weighted by atomic mass is 16.2. The van der Waals surface area contributed by atoms with Crippen molar-refractivity contribution in [2.45, 2.75) is 26.3 Å². The van der Waals surface area contributed by atoms with Crippen LogP contribution in [0.2, 0.25) is 0 Å². The molecular formula is C19H25N5O. The fourth-order valence-corrected chi connectivity index (χ4v) is 2.95. The number of urea groups is 1. The molecule has 0 fully saturated rings. The zero-order chi connectivity index (χ0) is 17.6. The minimum absolute atomic E-state index is 0.112. The van der Waals surface area contributed by atoms with Gasteiger partial charge in [0.25, 0.3) is 0 Å². The van der Waals surface area contributed by atoms with E-state index in [0.29, 0.717) is 13.1 Å². The van der Waals surface area contributed by atoms with Gasteiger partial charge in [-0.15, -0.1) is 0 Å². The first kappa shape index (κ1) is 17.1. The Balaban J connectivity index is 1.35. The van der Waals surface area contributed by atoms with E-state index in [1.807, 2.05) is 30.9 Å². The lowest BCUT2D eigenvalue weighted by atomic mass is 10.2. The normalized spacial score (nSPS) is 11.0. The molecule has 0 aliphatic heterocycles. The number of hydrogen-bond acceptors (Lipinski definition) is 2. The van der Waals surface area contributed by atoms with Crippen molar-refractivity contribution in [1.29, 1.82) is 0 Å². The van der Waals surface area contributed by atoms with Gasteiger partial charge in [-0.05, 0) is 42.8 Å². The van der Waals surface area contributed by atoms with Crippen molar-refractivity contribution in [3.63, 3.8) is 0 Å². The van der Waals surface area contributed by atoms with Gasteiger partial charge in [0.2, 0.25) is 0 Å². The molecular weight excluding hydrogens is 314 g/mol. The number of carbonyl (C=O) groups is 1. The fourth-order valence-electron chi connectivity index (χ4n) is 2.95. The first-order valence-electron chi connectivity index (χ1n) is 8.68. The van der Waals surface area contributed by atoms with Crippen molar-refractivity contribution in [2.75, 3.05) is 13.1 Å². The second kappa shape index (κ2) is 7.88. The van der Waals surface area contributed by atoms with E-state index in [1.165, 1.54) is 16.5 Å². The van der Waals surface area contributed by atoms with Crippen LogP contribution in [0.15, 0.2) is 42.7 Å². The molecule has 0 aliphatic rings. The Labute approximate surface area is 147 Å². The molecule has 132 valence electrons. The minimum atomic E-state index is -0.112. The Bertz CT molecular complexity index is 848. The van der Waals surface area contributed by atoms with E-state index in [1.54, 1.807) is 0 Å². The van der Waals surface area contributed by atoms with E-state index in [0.717, 1.165) is 25.1 Å². The number of para-hydroxylation sites is 1. The van der Waals surface area contributed by atoms with Crippen LogP contribution in [0, 0.1) is 6.92 Å². The predicted molar refractivity (Wildman–Crippen MR) is 99.6 cm³/mol. The molecule has 0 radical (unpaired) electrons. The van der Waals surface area contributed by atoms with E-state index in [2.05, 4.69) is 50.8 Å². The van der Waals surface area contributed by atoms with Gasteiger partial charge in [0.15, 0.2) is 0 Å². The van der Waals surface area contributed by atoms with E-state index in [9.17, 15) is 4.79 Å². The molecule has 2 amide bonds. The summed E-state index contributed by atoms with van der Waals surface area (Å²) in [7, 11) is 1.92. The summed E-state index contributed by atoms with van der Waals surface area (Å²) in [5.74, 6) is 0. The highest BCUT2D eigenvalue weighted by Crippen LogP contribution is 2.15. The summed E-state index contributed by atoms with van der Waals surface area (Å²) in [6, 6.07) is 10.3. The van der Waals surface area contributed by atoms with Crippen LogP contribution in [0.3, 0.4) is 0 Å². The molecule has 0 spiro atoms. The fraction of sp³-hybridized carbons (Fsp3) is 0.368. The number of benzene rings is 1. The molecule has 2 aromatic heterocycles. The van der Waals surface area contributed by atoms with E-state index >= 15 is 0 Å². The summed E-state index contributed by atoms with van der Waals surface area (Å²) in [4.78, 5) is 11.8. The molecule has 0 bridgehead atoms. The van der Waals surface area contributed by atoms with Crippen LogP contribution in [0.25, 0.3) is 10.9 Å². The molecule has 25 heavy (non-hydrogen) atoms. The lowest BCUT2D eigenvalue weighted by Crippen LogP contribution is -2.37. The molecule has 2 heterocycles. The van der Waals surface area contributed by atoms with Crippen molar-refractivity contribution < 1.29 is 4.79 Å². The molecule has 0 saturated heterocycles. The average molecular weight is 339 g/mol. The van der Waals surface area contributed by atoms with E-state index < -0.39 is 0 Å². The zero-order valence-electron chi connectivity index (χ0n) is 14.8. The Morgan fingerprint density at radius 3 is 2.76 bits per heavy atom. The first-order valence-corrected chi connectivity index (χ1v) is 8.68. The van der Waals surface area contributed by atoms with Crippen LogP contribution < -0.4 is 10.6 Å². The summed E-state index contributed by atoms with van der Waals surface area (Å²) in [5, 5.41) is 11.3. The Morgan fingerprint density at radius 2 is 1.96 bits per heavy atom. The molecule has 2 N–H and O–H groups in total. The second-order valence-corrected chi connectivity index (χ2v) is 6.23. The zero-order valence-corrected chi connectivity index (χ0v) is 14.8. The number of aryl methyl sites for hydroxylation is 2. The van der Waals surface area contributed by atoms with Gasteiger partial charge in [-0.25, -0.2) is 4.79 Å². The van der Waals surface area contributed by atoms with Crippen LogP contribution >= 0.6 is 0 Å². The monoisotopic (exact) mass is 339 g/mol. The molecule has 0 atom stereocenters. The third kappa shape index (κ3) is 4.21. The smallest absolute Gasteiger partial charge is 0.314 e. The van der Waals surface area contributed by atoms with Gasteiger partial charge >= 0.3 is 6.03 Å². The van der Waals surface area contributed by atoms with E-state index in [-0.39, 0.29) is 6.03 Å². The van der Waals surface area contributed by atoms with Gasteiger partial charge in [0.1, 0.15) is 0 Å². The molecule has 0 aliphatic carbocycles. The lowest BCUT2D eigenvalue weighted by molar-refractivity contribution is 0.240. The van der Waals surface area contributed by atoms with Crippen LogP contribution in [-0.4, -0.2) is 33.5 Å². The third-order valence-corrected chi connectivity index (χ3v) is 4.56. The Morgan fingerprint density at radius 1 is 1.16 bits per heavy atom. The van der Waals surface area contributed by atoms with Gasteiger partial charge < -0.3 is 15.2 Å². The van der Waals surface area contributed by atoms with Crippen molar-refractivity contribution in [3.8, 4) is 0 Å². The van der Waals surface area contributed by atoms with E-state index in [4.69, 9.17) is 0 Å². The molecule has 3 rings (SSSR count). The first-order chi connectivity index (χ1) is 12.1. The number of aromatic nitrogens is 3. The molecule has 3 aromatic rings. The molecule has 1 aromatic carbocycles. The third-order valence-electron chi connectivity index (χ3n) is 4.56. The van der Waals surface area contributed by atoms with Gasteiger partial charge in [-0.3, -0.25) is 4.68 Å². The number of rotatable bonds is 7. The van der Waals surface area contributed by atoms with Gasteiger partial charge in [0, 0.05) is 44.1 Å². The van der Waals surface area contributed by atoms with Crippen molar-refractivity contribution >= 4 is 16.9 Å². The molecule has 0 unspecified atom stereocenters. The largest absolute Gasteiger partial charge is 0.347 e. The number of nitrogens with zero attached hydrogens (tertiary/aromatic N) is 3. The minimum Gasteiger partial charge on any atom is -0.347 e. The Kier molecular flexibility index (Phi) is 5.38.